The van der Waals surface area contributed by atoms with Crippen molar-refractivity contribution in [3.05, 3.63) is 17.5 Å². The molecule has 1 N–H and O–H groups in total. The van der Waals surface area contributed by atoms with Gasteiger partial charge in [0.25, 0.3) is 5.91 Å². The van der Waals surface area contributed by atoms with Crippen LogP contribution in [-0.4, -0.2) is 41.6 Å². The monoisotopic (exact) mass is 265 g/mol. The number of rotatable bonds is 4. The second-order valence-electron chi connectivity index (χ2n) is 5.63. The lowest BCUT2D eigenvalue weighted by atomic mass is 9.99. The number of aromatic nitrogens is 1. The van der Waals surface area contributed by atoms with E-state index in [0.717, 1.165) is 24.7 Å². The third-order valence-corrected chi connectivity index (χ3v) is 3.72. The number of aryl methyl sites for hydroxylation is 1. The lowest BCUT2D eigenvalue weighted by Crippen LogP contribution is -2.46. The number of carbonyl (C=O) groups excluding carboxylic acids is 1. The topological polar surface area (TPSA) is 58.4 Å². The van der Waals surface area contributed by atoms with Crippen LogP contribution < -0.4 is 5.32 Å². The van der Waals surface area contributed by atoms with Gasteiger partial charge in [0.05, 0.1) is 5.69 Å². The Morgan fingerprint density at radius 1 is 1.68 bits per heavy atom. The number of nitrogens with zero attached hydrogens (tertiary/aromatic N) is 2. The molecule has 5 heteroatoms. The van der Waals surface area contributed by atoms with Gasteiger partial charge < -0.3 is 9.84 Å². The maximum atomic E-state index is 11.8. The number of carbonyl (C=O) groups is 1. The predicted octanol–water partition coefficient (Wildman–Crippen LogP) is 1.83. The van der Waals surface area contributed by atoms with E-state index in [1.54, 1.807) is 13.0 Å². The van der Waals surface area contributed by atoms with E-state index in [9.17, 15) is 4.79 Å². The molecule has 106 valence electrons. The van der Waals surface area contributed by atoms with E-state index in [-0.39, 0.29) is 11.7 Å². The standard InChI is InChI=1S/C14H23N3O2/c1-10-5-4-6-17(9-10)12(3)8-15-14(18)13-7-11(2)16-19-13/h7,10,12H,4-6,8-9H2,1-3H3,(H,15,18)/t10-,12-/m0/s1. The molecule has 1 aliphatic rings. The van der Waals surface area contributed by atoms with Crippen LogP contribution in [0, 0.1) is 12.8 Å². The van der Waals surface area contributed by atoms with E-state index in [4.69, 9.17) is 4.52 Å². The Hall–Kier alpha value is -1.36. The summed E-state index contributed by atoms with van der Waals surface area (Å²) in [5.41, 5.74) is 0.725. The van der Waals surface area contributed by atoms with Gasteiger partial charge in [-0.2, -0.15) is 0 Å². The molecule has 1 aliphatic heterocycles. The van der Waals surface area contributed by atoms with Gasteiger partial charge in [-0.05, 0) is 39.2 Å². The lowest BCUT2D eigenvalue weighted by molar-refractivity contribution is 0.0882. The van der Waals surface area contributed by atoms with Crippen molar-refractivity contribution in [2.24, 2.45) is 5.92 Å². The van der Waals surface area contributed by atoms with Crippen LogP contribution in [0.4, 0.5) is 0 Å². The Labute approximate surface area is 114 Å². The largest absolute Gasteiger partial charge is 0.351 e. The molecule has 19 heavy (non-hydrogen) atoms. The third-order valence-electron chi connectivity index (χ3n) is 3.72. The molecule has 2 heterocycles. The maximum absolute atomic E-state index is 11.8. The molecule has 0 bridgehead atoms. The highest BCUT2D eigenvalue weighted by Crippen LogP contribution is 2.17. The summed E-state index contributed by atoms with van der Waals surface area (Å²) in [5.74, 6) is 0.859. The summed E-state index contributed by atoms with van der Waals surface area (Å²) in [6.07, 6.45) is 2.56. The lowest BCUT2D eigenvalue weighted by Gasteiger charge is -2.35. The molecule has 5 nitrogen and oxygen atoms in total. The van der Waals surface area contributed by atoms with Crippen molar-refractivity contribution in [3.8, 4) is 0 Å². The third kappa shape index (κ3) is 3.80. The van der Waals surface area contributed by atoms with Crippen molar-refractivity contribution >= 4 is 5.91 Å². The van der Waals surface area contributed by atoms with Gasteiger partial charge in [0.2, 0.25) is 5.76 Å². The Balaban J connectivity index is 1.79. The molecule has 0 aromatic carbocycles. The quantitative estimate of drug-likeness (QED) is 0.902. The van der Waals surface area contributed by atoms with Crippen LogP contribution in [0.1, 0.15) is 42.9 Å². The Bertz CT molecular complexity index is 430. The summed E-state index contributed by atoms with van der Waals surface area (Å²) >= 11 is 0. The highest BCUT2D eigenvalue weighted by molar-refractivity contribution is 5.91. The van der Waals surface area contributed by atoms with Crippen molar-refractivity contribution in [3.63, 3.8) is 0 Å². The van der Waals surface area contributed by atoms with E-state index in [1.807, 2.05) is 0 Å². The Morgan fingerprint density at radius 3 is 3.11 bits per heavy atom. The number of nitrogens with one attached hydrogen (secondary N) is 1. The number of amides is 1. The molecular weight excluding hydrogens is 242 g/mol. The summed E-state index contributed by atoms with van der Waals surface area (Å²) in [6.45, 7) is 9.14. The van der Waals surface area contributed by atoms with Gasteiger partial charge in [0, 0.05) is 25.2 Å². The first kappa shape index (κ1) is 14.1. The molecule has 0 aliphatic carbocycles. The minimum absolute atomic E-state index is 0.183. The zero-order valence-corrected chi connectivity index (χ0v) is 12.0. The molecular formula is C14H23N3O2. The smallest absolute Gasteiger partial charge is 0.289 e. The molecule has 0 unspecified atom stereocenters. The molecule has 1 aromatic rings. The number of likely N-dealkylation sites (tertiary alicyclic amines) is 1. The normalized spacial score (nSPS) is 22.2. The molecule has 1 saturated heterocycles. The zero-order chi connectivity index (χ0) is 13.8. The Morgan fingerprint density at radius 2 is 2.47 bits per heavy atom. The average Bonchev–Trinajstić information content (AvgIpc) is 2.82. The van der Waals surface area contributed by atoms with Crippen molar-refractivity contribution in [1.29, 1.82) is 0 Å². The maximum Gasteiger partial charge on any atom is 0.289 e. The van der Waals surface area contributed by atoms with Gasteiger partial charge in [0.1, 0.15) is 0 Å². The average molecular weight is 265 g/mol. The summed E-state index contributed by atoms with van der Waals surface area (Å²) < 4.78 is 4.95. The SMILES string of the molecule is Cc1cc(C(=O)NC[C@H](C)N2CCC[C@H](C)C2)on1. The summed E-state index contributed by atoms with van der Waals surface area (Å²) in [7, 11) is 0. The van der Waals surface area contributed by atoms with Crippen LogP contribution in [0.15, 0.2) is 10.6 Å². The number of piperidine rings is 1. The summed E-state index contributed by atoms with van der Waals surface area (Å²) in [6, 6.07) is 2.01. The van der Waals surface area contributed by atoms with E-state index < -0.39 is 0 Å². The van der Waals surface area contributed by atoms with Gasteiger partial charge in [-0.3, -0.25) is 9.69 Å². The number of hydrogen-bond acceptors (Lipinski definition) is 4. The van der Waals surface area contributed by atoms with Crippen LogP contribution in [-0.2, 0) is 0 Å². The van der Waals surface area contributed by atoms with Crippen molar-refractivity contribution < 1.29 is 9.32 Å². The van der Waals surface area contributed by atoms with Crippen LogP contribution in [0.5, 0.6) is 0 Å². The minimum atomic E-state index is -0.183. The van der Waals surface area contributed by atoms with Crippen molar-refractivity contribution in [2.75, 3.05) is 19.6 Å². The first-order valence-electron chi connectivity index (χ1n) is 7.02. The van der Waals surface area contributed by atoms with E-state index in [1.165, 1.54) is 12.8 Å². The Kier molecular flexibility index (Phi) is 4.58. The molecule has 2 rings (SSSR count). The van der Waals surface area contributed by atoms with E-state index in [2.05, 4.69) is 29.2 Å². The first-order valence-corrected chi connectivity index (χ1v) is 7.02. The molecule has 0 spiro atoms. The van der Waals surface area contributed by atoms with Crippen molar-refractivity contribution in [1.82, 2.24) is 15.4 Å². The van der Waals surface area contributed by atoms with Crippen LogP contribution in [0.2, 0.25) is 0 Å². The van der Waals surface area contributed by atoms with Gasteiger partial charge >= 0.3 is 0 Å². The minimum Gasteiger partial charge on any atom is -0.351 e. The van der Waals surface area contributed by atoms with Crippen LogP contribution in [0.25, 0.3) is 0 Å². The number of hydrogen-bond donors (Lipinski definition) is 1. The second-order valence-corrected chi connectivity index (χ2v) is 5.63. The fourth-order valence-electron chi connectivity index (χ4n) is 2.55. The van der Waals surface area contributed by atoms with Gasteiger partial charge in [0.15, 0.2) is 0 Å². The molecule has 1 fully saturated rings. The second kappa shape index (κ2) is 6.19. The van der Waals surface area contributed by atoms with E-state index in [0.29, 0.717) is 12.6 Å². The summed E-state index contributed by atoms with van der Waals surface area (Å²) in [5, 5.41) is 6.63. The molecule has 1 amide bonds. The van der Waals surface area contributed by atoms with Crippen molar-refractivity contribution in [2.45, 2.75) is 39.7 Å². The molecule has 0 radical (unpaired) electrons. The molecule has 0 saturated carbocycles. The highest BCUT2D eigenvalue weighted by atomic mass is 16.5. The fraction of sp³-hybridized carbons (Fsp3) is 0.714. The first-order chi connectivity index (χ1) is 9.06. The van der Waals surface area contributed by atoms with Crippen LogP contribution >= 0.6 is 0 Å². The highest BCUT2D eigenvalue weighted by Gasteiger charge is 2.21. The van der Waals surface area contributed by atoms with Gasteiger partial charge in [-0.15, -0.1) is 0 Å². The fourth-order valence-corrected chi connectivity index (χ4v) is 2.55. The zero-order valence-electron chi connectivity index (χ0n) is 12.0. The van der Waals surface area contributed by atoms with E-state index >= 15 is 0 Å². The summed E-state index contributed by atoms with van der Waals surface area (Å²) in [4.78, 5) is 14.3. The van der Waals surface area contributed by atoms with Gasteiger partial charge in [-0.1, -0.05) is 12.1 Å². The van der Waals surface area contributed by atoms with Gasteiger partial charge in [-0.25, -0.2) is 0 Å². The van der Waals surface area contributed by atoms with Crippen LogP contribution in [0.3, 0.4) is 0 Å². The molecule has 1 aromatic heterocycles. The predicted molar refractivity (Wildman–Crippen MR) is 73.0 cm³/mol. The molecule has 2 atom stereocenters.